The largest absolute Gasteiger partial charge is 0.396 e. The van der Waals surface area contributed by atoms with Crippen molar-refractivity contribution in [2.45, 2.75) is 27.2 Å². The van der Waals surface area contributed by atoms with Gasteiger partial charge in [-0.05, 0) is 24.8 Å². The van der Waals surface area contributed by atoms with Crippen molar-refractivity contribution in [1.29, 1.82) is 0 Å². The number of aryl methyl sites for hydroxylation is 1. The Hall–Kier alpha value is -1.62. The van der Waals surface area contributed by atoms with Gasteiger partial charge < -0.3 is 10.4 Å². The van der Waals surface area contributed by atoms with Gasteiger partial charge in [-0.3, -0.25) is 9.48 Å². The van der Waals surface area contributed by atoms with E-state index in [9.17, 15) is 4.79 Å². The van der Waals surface area contributed by atoms with Gasteiger partial charge in [0.1, 0.15) is 0 Å². The number of aromatic nitrogens is 2. The van der Waals surface area contributed by atoms with Crippen LogP contribution in [0.15, 0.2) is 12.3 Å². The molecule has 0 saturated heterocycles. The first-order valence-corrected chi connectivity index (χ1v) is 6.41. The number of nitrogens with zero attached hydrogens (tertiary/aromatic N) is 2. The average Bonchev–Trinajstić information content (AvgIpc) is 2.65. The van der Waals surface area contributed by atoms with E-state index in [1.165, 1.54) is 6.08 Å². The number of hydrogen-bond donors (Lipinski definition) is 2. The highest BCUT2D eigenvalue weighted by atomic mass is 16.3. The zero-order chi connectivity index (χ0) is 14.5. The van der Waals surface area contributed by atoms with Gasteiger partial charge in [-0.15, -0.1) is 0 Å². The van der Waals surface area contributed by atoms with Gasteiger partial charge in [-0.1, -0.05) is 13.8 Å². The summed E-state index contributed by atoms with van der Waals surface area (Å²) in [4.78, 5) is 11.7. The highest BCUT2D eigenvalue weighted by Crippen LogP contribution is 2.17. The van der Waals surface area contributed by atoms with E-state index in [1.54, 1.807) is 17.0 Å². The van der Waals surface area contributed by atoms with Crippen LogP contribution >= 0.6 is 0 Å². The smallest absolute Gasteiger partial charge is 0.244 e. The van der Waals surface area contributed by atoms with Crippen LogP contribution in [0.5, 0.6) is 0 Å². The molecule has 0 spiro atoms. The molecule has 0 atom stereocenters. The topological polar surface area (TPSA) is 67.2 Å². The summed E-state index contributed by atoms with van der Waals surface area (Å²) in [5.41, 5.74) is 1.86. The highest BCUT2D eigenvalue weighted by Gasteiger charge is 2.17. The number of carbonyl (C=O) groups is 1. The Morgan fingerprint density at radius 2 is 2.26 bits per heavy atom. The molecule has 0 aliphatic rings. The SMILES string of the molecule is Cc1c(/C=C/C(=O)NCC(C)(C)CCO)cnn1C. The molecule has 1 heterocycles. The molecular weight excluding hydrogens is 242 g/mol. The molecule has 0 unspecified atom stereocenters. The molecule has 5 nitrogen and oxygen atoms in total. The highest BCUT2D eigenvalue weighted by molar-refractivity contribution is 5.91. The lowest BCUT2D eigenvalue weighted by Gasteiger charge is -2.23. The molecule has 0 aromatic carbocycles. The van der Waals surface area contributed by atoms with E-state index in [4.69, 9.17) is 5.11 Å². The molecule has 5 heteroatoms. The predicted molar refractivity (Wildman–Crippen MR) is 75.5 cm³/mol. The van der Waals surface area contributed by atoms with Gasteiger partial charge >= 0.3 is 0 Å². The Morgan fingerprint density at radius 1 is 1.58 bits per heavy atom. The summed E-state index contributed by atoms with van der Waals surface area (Å²) < 4.78 is 1.77. The molecule has 0 bridgehead atoms. The average molecular weight is 265 g/mol. The minimum absolute atomic E-state index is 0.0948. The van der Waals surface area contributed by atoms with Crippen molar-refractivity contribution in [2.75, 3.05) is 13.2 Å². The van der Waals surface area contributed by atoms with E-state index in [1.807, 2.05) is 27.8 Å². The monoisotopic (exact) mass is 265 g/mol. The maximum Gasteiger partial charge on any atom is 0.244 e. The molecule has 0 fully saturated rings. The molecule has 1 amide bonds. The van der Waals surface area contributed by atoms with Crippen LogP contribution in [0.4, 0.5) is 0 Å². The Labute approximate surface area is 114 Å². The summed E-state index contributed by atoms with van der Waals surface area (Å²) in [5, 5.41) is 15.9. The Bertz CT molecular complexity index is 461. The lowest BCUT2D eigenvalue weighted by molar-refractivity contribution is -0.116. The van der Waals surface area contributed by atoms with Crippen molar-refractivity contribution in [3.05, 3.63) is 23.5 Å². The molecular formula is C14H23N3O2. The number of amides is 1. The maximum absolute atomic E-state index is 11.7. The molecule has 0 aliphatic heterocycles. The lowest BCUT2D eigenvalue weighted by atomic mass is 9.90. The summed E-state index contributed by atoms with van der Waals surface area (Å²) >= 11 is 0. The van der Waals surface area contributed by atoms with Crippen molar-refractivity contribution in [3.63, 3.8) is 0 Å². The van der Waals surface area contributed by atoms with Crippen LogP contribution < -0.4 is 5.32 Å². The van der Waals surface area contributed by atoms with Gasteiger partial charge in [-0.2, -0.15) is 5.10 Å². The van der Waals surface area contributed by atoms with Crippen molar-refractivity contribution in [2.24, 2.45) is 12.5 Å². The van der Waals surface area contributed by atoms with Crippen molar-refractivity contribution in [1.82, 2.24) is 15.1 Å². The zero-order valence-corrected chi connectivity index (χ0v) is 12.1. The Morgan fingerprint density at radius 3 is 2.79 bits per heavy atom. The summed E-state index contributed by atoms with van der Waals surface area (Å²) in [6, 6.07) is 0. The van der Waals surface area contributed by atoms with E-state index >= 15 is 0 Å². The quantitative estimate of drug-likeness (QED) is 0.761. The first-order valence-electron chi connectivity index (χ1n) is 6.41. The Balaban J connectivity index is 2.50. The van der Waals surface area contributed by atoms with E-state index in [2.05, 4.69) is 10.4 Å². The minimum atomic E-state index is -0.130. The molecule has 19 heavy (non-hydrogen) atoms. The van der Waals surface area contributed by atoms with Gasteiger partial charge in [0.15, 0.2) is 0 Å². The second-order valence-corrected chi connectivity index (χ2v) is 5.50. The van der Waals surface area contributed by atoms with Gasteiger partial charge in [0.05, 0.1) is 6.20 Å². The van der Waals surface area contributed by atoms with Gasteiger partial charge in [0.25, 0.3) is 0 Å². The number of carbonyl (C=O) groups excluding carboxylic acids is 1. The fraction of sp³-hybridized carbons (Fsp3) is 0.571. The number of hydrogen-bond acceptors (Lipinski definition) is 3. The van der Waals surface area contributed by atoms with E-state index in [-0.39, 0.29) is 17.9 Å². The summed E-state index contributed by atoms with van der Waals surface area (Å²) in [7, 11) is 1.87. The van der Waals surface area contributed by atoms with Gasteiger partial charge in [-0.25, -0.2) is 0 Å². The van der Waals surface area contributed by atoms with Crippen LogP contribution in [-0.4, -0.2) is 33.9 Å². The third kappa shape index (κ3) is 4.87. The van der Waals surface area contributed by atoms with Crippen molar-refractivity contribution < 1.29 is 9.90 Å². The van der Waals surface area contributed by atoms with Crippen molar-refractivity contribution >= 4 is 12.0 Å². The first kappa shape index (κ1) is 15.4. The fourth-order valence-electron chi connectivity index (χ4n) is 1.62. The van der Waals surface area contributed by atoms with Crippen LogP contribution in [0.25, 0.3) is 6.08 Å². The van der Waals surface area contributed by atoms with E-state index in [0.29, 0.717) is 13.0 Å². The fourth-order valence-corrected chi connectivity index (χ4v) is 1.62. The standard InChI is InChI=1S/C14H23N3O2/c1-11-12(9-16-17(11)4)5-6-13(19)15-10-14(2,3)7-8-18/h5-6,9,18H,7-8,10H2,1-4H3,(H,15,19)/b6-5+. The van der Waals surface area contributed by atoms with Crippen LogP contribution in [0.1, 0.15) is 31.5 Å². The normalized spacial score (nSPS) is 12.1. The molecule has 1 aromatic heterocycles. The molecule has 106 valence electrons. The molecule has 0 radical (unpaired) electrons. The summed E-state index contributed by atoms with van der Waals surface area (Å²) in [6.45, 7) is 6.65. The third-order valence-corrected chi connectivity index (χ3v) is 3.22. The third-order valence-electron chi connectivity index (χ3n) is 3.22. The van der Waals surface area contributed by atoms with Crippen LogP contribution in [0.3, 0.4) is 0 Å². The Kier molecular flexibility index (Phi) is 5.30. The molecule has 2 N–H and O–H groups in total. The van der Waals surface area contributed by atoms with Crippen LogP contribution in [0.2, 0.25) is 0 Å². The predicted octanol–water partition coefficient (Wildman–Crippen LogP) is 1.27. The molecule has 1 rings (SSSR count). The first-order chi connectivity index (χ1) is 8.85. The van der Waals surface area contributed by atoms with Gasteiger partial charge in [0, 0.05) is 37.5 Å². The van der Waals surface area contributed by atoms with E-state index in [0.717, 1.165) is 11.3 Å². The second kappa shape index (κ2) is 6.52. The maximum atomic E-state index is 11.7. The number of rotatable bonds is 6. The molecule has 0 saturated carbocycles. The summed E-state index contributed by atoms with van der Waals surface area (Å²) in [5.74, 6) is -0.130. The minimum Gasteiger partial charge on any atom is -0.396 e. The zero-order valence-electron chi connectivity index (χ0n) is 12.1. The van der Waals surface area contributed by atoms with Crippen molar-refractivity contribution in [3.8, 4) is 0 Å². The summed E-state index contributed by atoms with van der Waals surface area (Å²) in [6.07, 6.45) is 5.67. The van der Waals surface area contributed by atoms with Crippen LogP contribution in [0, 0.1) is 12.3 Å². The molecule has 1 aromatic rings. The molecule has 0 aliphatic carbocycles. The number of nitrogens with one attached hydrogen (secondary N) is 1. The van der Waals surface area contributed by atoms with Gasteiger partial charge in [0.2, 0.25) is 5.91 Å². The van der Waals surface area contributed by atoms with Crippen LogP contribution in [-0.2, 0) is 11.8 Å². The van der Waals surface area contributed by atoms with E-state index < -0.39 is 0 Å². The second-order valence-electron chi connectivity index (χ2n) is 5.50. The number of aliphatic hydroxyl groups excluding tert-OH is 1. The number of aliphatic hydroxyl groups is 1. The lowest BCUT2D eigenvalue weighted by Crippen LogP contribution is -2.33.